The number of amides is 1. The topological polar surface area (TPSA) is 158 Å². The van der Waals surface area contributed by atoms with Crippen LogP contribution in [0.15, 0.2) is 43.1 Å². The van der Waals surface area contributed by atoms with Crippen molar-refractivity contribution < 1.29 is 18.7 Å². The van der Waals surface area contributed by atoms with Gasteiger partial charge >= 0.3 is 0 Å². The lowest BCUT2D eigenvalue weighted by Gasteiger charge is -2.23. The van der Waals surface area contributed by atoms with Gasteiger partial charge in [0.2, 0.25) is 5.95 Å². The predicted octanol–water partition coefficient (Wildman–Crippen LogP) is 2.15. The summed E-state index contributed by atoms with van der Waals surface area (Å²) in [6.45, 7) is 3.35. The minimum atomic E-state index is -1.68. The summed E-state index contributed by atoms with van der Waals surface area (Å²) in [5, 5.41) is 29.9. The van der Waals surface area contributed by atoms with Gasteiger partial charge in [-0.1, -0.05) is 0 Å². The van der Waals surface area contributed by atoms with E-state index in [0.717, 1.165) is 12.4 Å². The SMILES string of the molecule is CC(C)(O)[C@H](F)CNC(=O)c1cnc(-n2ncc3cc(C#N)cnc32)cc1N[C@H]1CCN(c2ncc(F)cn2)C1. The summed E-state index contributed by atoms with van der Waals surface area (Å²) in [5.41, 5.74) is -0.168. The number of fused-ring (bicyclic) bond motifs is 1. The highest BCUT2D eigenvalue weighted by atomic mass is 19.1. The number of aliphatic hydroxyl groups is 1. The summed E-state index contributed by atoms with van der Waals surface area (Å²) in [5.74, 6) is -0.345. The number of alkyl halides is 1. The second-order valence-electron chi connectivity index (χ2n) is 10.0. The van der Waals surface area contributed by atoms with Crippen molar-refractivity contribution in [1.29, 1.82) is 5.26 Å². The molecule has 4 aromatic rings. The monoisotopic (exact) mass is 548 g/mol. The van der Waals surface area contributed by atoms with Crippen molar-refractivity contribution in [2.75, 3.05) is 29.9 Å². The van der Waals surface area contributed by atoms with Crippen LogP contribution in [0, 0.1) is 17.1 Å². The van der Waals surface area contributed by atoms with E-state index in [2.05, 4.69) is 35.7 Å². The summed E-state index contributed by atoms with van der Waals surface area (Å²) < 4.78 is 29.1. The molecule has 14 heteroatoms. The second-order valence-corrected chi connectivity index (χ2v) is 10.0. The lowest BCUT2D eigenvalue weighted by Crippen LogP contribution is -2.42. The number of nitriles is 1. The number of carbonyl (C=O) groups excluding carboxylic acids is 1. The molecule has 0 aliphatic carbocycles. The number of nitrogens with one attached hydrogen (secondary N) is 2. The smallest absolute Gasteiger partial charge is 0.255 e. The first-order chi connectivity index (χ1) is 19.1. The first kappa shape index (κ1) is 26.8. The number of pyridine rings is 2. The highest BCUT2D eigenvalue weighted by Crippen LogP contribution is 2.25. The number of carbonyl (C=O) groups is 1. The van der Waals surface area contributed by atoms with Crippen LogP contribution in [0.1, 0.15) is 36.2 Å². The Morgan fingerprint density at radius 1 is 1.20 bits per heavy atom. The van der Waals surface area contributed by atoms with Gasteiger partial charge in [-0.2, -0.15) is 15.0 Å². The zero-order valence-corrected chi connectivity index (χ0v) is 21.7. The number of halogens is 2. The van der Waals surface area contributed by atoms with Gasteiger partial charge in [-0.05, 0) is 26.3 Å². The largest absolute Gasteiger partial charge is 0.387 e. The second kappa shape index (κ2) is 10.8. The maximum Gasteiger partial charge on any atom is 0.255 e. The van der Waals surface area contributed by atoms with E-state index in [1.807, 2.05) is 11.0 Å². The Kier molecular flexibility index (Phi) is 7.22. The van der Waals surface area contributed by atoms with Crippen molar-refractivity contribution >= 4 is 28.6 Å². The minimum Gasteiger partial charge on any atom is -0.387 e. The van der Waals surface area contributed by atoms with Crippen LogP contribution in [0.2, 0.25) is 0 Å². The number of nitrogens with zero attached hydrogens (tertiary/aromatic N) is 8. The van der Waals surface area contributed by atoms with Crippen molar-refractivity contribution in [2.45, 2.75) is 38.1 Å². The van der Waals surface area contributed by atoms with Crippen molar-refractivity contribution in [1.82, 2.24) is 35.0 Å². The van der Waals surface area contributed by atoms with Gasteiger partial charge in [0.1, 0.15) is 12.2 Å². The van der Waals surface area contributed by atoms with Crippen LogP contribution in [-0.4, -0.2) is 78.2 Å². The highest BCUT2D eigenvalue weighted by molar-refractivity contribution is 5.99. The fraction of sp³-hybridized carbons (Fsp3) is 0.346. The fourth-order valence-electron chi connectivity index (χ4n) is 4.29. The Hall–Kier alpha value is -4.77. The molecule has 0 saturated carbocycles. The summed E-state index contributed by atoms with van der Waals surface area (Å²) in [7, 11) is 0. The zero-order valence-electron chi connectivity index (χ0n) is 21.7. The van der Waals surface area contributed by atoms with Crippen LogP contribution in [-0.2, 0) is 0 Å². The van der Waals surface area contributed by atoms with Gasteiger partial charge in [0.25, 0.3) is 5.91 Å². The molecule has 206 valence electrons. The molecule has 12 nitrogen and oxygen atoms in total. The molecule has 5 heterocycles. The molecule has 40 heavy (non-hydrogen) atoms. The molecule has 1 aliphatic rings. The van der Waals surface area contributed by atoms with Gasteiger partial charge in [0.05, 0.1) is 47.6 Å². The molecular formula is C26H26F2N10O2. The van der Waals surface area contributed by atoms with Gasteiger partial charge in [0, 0.05) is 43.0 Å². The van der Waals surface area contributed by atoms with Crippen LogP contribution >= 0.6 is 0 Å². The average molecular weight is 549 g/mol. The Morgan fingerprint density at radius 3 is 2.70 bits per heavy atom. The normalized spacial score (nSPS) is 16.1. The number of hydrogen-bond acceptors (Lipinski definition) is 10. The van der Waals surface area contributed by atoms with Crippen molar-refractivity contribution in [3.63, 3.8) is 0 Å². The van der Waals surface area contributed by atoms with Gasteiger partial charge in [-0.15, -0.1) is 0 Å². The van der Waals surface area contributed by atoms with E-state index in [9.17, 15) is 18.7 Å². The molecule has 4 aromatic heterocycles. The Bertz CT molecular complexity index is 1580. The van der Waals surface area contributed by atoms with Gasteiger partial charge in [0.15, 0.2) is 17.3 Å². The van der Waals surface area contributed by atoms with E-state index < -0.39 is 30.0 Å². The number of rotatable bonds is 8. The molecule has 2 atom stereocenters. The number of hydrogen-bond donors (Lipinski definition) is 3. The Labute approximate surface area is 227 Å². The first-order valence-corrected chi connectivity index (χ1v) is 12.5. The molecule has 0 bridgehead atoms. The molecule has 0 radical (unpaired) electrons. The van der Waals surface area contributed by atoms with Crippen LogP contribution in [0.25, 0.3) is 16.9 Å². The van der Waals surface area contributed by atoms with E-state index in [1.165, 1.54) is 30.9 Å². The standard InChI is InChI=1S/C26H26F2N10O2/c1-26(2,40)21(28)13-32-24(39)19-12-30-22(38-23-16(9-35-38)5-15(7-29)8-31-23)6-20(19)36-18-3-4-37(14-18)25-33-10-17(27)11-34-25/h5-6,8-12,18,21,40H,3-4,13-14H2,1-2H3,(H,30,36)(H,32,39)/t18-,21+/m0/s1. The van der Waals surface area contributed by atoms with Gasteiger partial charge in [-0.3, -0.25) is 4.79 Å². The summed E-state index contributed by atoms with van der Waals surface area (Å²) in [4.78, 5) is 31.8. The third kappa shape index (κ3) is 5.64. The van der Waals surface area contributed by atoms with E-state index in [4.69, 9.17) is 5.26 Å². The Morgan fingerprint density at radius 2 is 1.98 bits per heavy atom. The third-order valence-corrected chi connectivity index (χ3v) is 6.53. The van der Waals surface area contributed by atoms with Crippen molar-refractivity contribution in [2.24, 2.45) is 0 Å². The van der Waals surface area contributed by atoms with Gasteiger partial charge in [-0.25, -0.2) is 28.7 Å². The molecular weight excluding hydrogens is 522 g/mol. The summed E-state index contributed by atoms with van der Waals surface area (Å²) >= 11 is 0. The summed E-state index contributed by atoms with van der Waals surface area (Å²) in [6.07, 6.45) is 5.56. The van der Waals surface area contributed by atoms with E-state index in [1.54, 1.807) is 18.3 Å². The van der Waals surface area contributed by atoms with E-state index >= 15 is 0 Å². The average Bonchev–Trinajstić information content (AvgIpc) is 3.58. The van der Waals surface area contributed by atoms with Gasteiger partial charge < -0.3 is 20.6 Å². The number of aromatic nitrogens is 6. The molecule has 0 spiro atoms. The highest BCUT2D eigenvalue weighted by Gasteiger charge is 2.29. The maximum atomic E-state index is 14.3. The lowest BCUT2D eigenvalue weighted by atomic mass is 10.0. The molecule has 1 fully saturated rings. The quantitative estimate of drug-likeness (QED) is 0.298. The fourth-order valence-corrected chi connectivity index (χ4v) is 4.29. The molecule has 0 aromatic carbocycles. The van der Waals surface area contributed by atoms with Crippen molar-refractivity contribution in [3.8, 4) is 11.9 Å². The molecule has 3 N–H and O–H groups in total. The first-order valence-electron chi connectivity index (χ1n) is 12.5. The van der Waals surface area contributed by atoms with E-state index in [-0.39, 0.29) is 11.6 Å². The minimum absolute atomic E-state index is 0.133. The lowest BCUT2D eigenvalue weighted by molar-refractivity contribution is -0.00177. The number of anilines is 2. The molecule has 1 saturated heterocycles. The zero-order chi connectivity index (χ0) is 28.4. The van der Waals surface area contributed by atoms with Crippen molar-refractivity contribution in [3.05, 3.63) is 60.1 Å². The molecule has 0 unspecified atom stereocenters. The predicted molar refractivity (Wildman–Crippen MR) is 141 cm³/mol. The van der Waals surface area contributed by atoms with Crippen LogP contribution < -0.4 is 15.5 Å². The van der Waals surface area contributed by atoms with Crippen LogP contribution in [0.5, 0.6) is 0 Å². The van der Waals surface area contributed by atoms with E-state index in [0.29, 0.717) is 53.6 Å². The maximum absolute atomic E-state index is 14.3. The van der Waals surface area contributed by atoms with Crippen LogP contribution in [0.4, 0.5) is 20.4 Å². The Balaban J connectivity index is 1.43. The summed E-state index contributed by atoms with van der Waals surface area (Å²) in [6, 6.07) is 5.21. The molecule has 1 aliphatic heterocycles. The third-order valence-electron chi connectivity index (χ3n) is 6.53. The molecule has 1 amide bonds. The van der Waals surface area contributed by atoms with Crippen LogP contribution in [0.3, 0.4) is 0 Å². The molecule has 5 rings (SSSR count).